The molecule has 2 aromatic rings. The molecule has 0 bridgehead atoms. The lowest BCUT2D eigenvalue weighted by molar-refractivity contribution is -0.119. The maximum absolute atomic E-state index is 12.1. The van der Waals surface area contributed by atoms with Crippen molar-refractivity contribution < 1.29 is 4.79 Å². The number of benzene rings is 1. The van der Waals surface area contributed by atoms with Crippen molar-refractivity contribution in [1.82, 2.24) is 20.2 Å². The minimum Gasteiger partial charge on any atom is -0.353 e. The Labute approximate surface area is 167 Å². The number of carbonyl (C=O) groups is 1. The Kier molecular flexibility index (Phi) is 7.61. The number of halogens is 2. The van der Waals surface area contributed by atoms with Crippen LogP contribution in [-0.2, 0) is 4.79 Å². The third-order valence-electron chi connectivity index (χ3n) is 3.75. The summed E-state index contributed by atoms with van der Waals surface area (Å²) in [5.74, 6) is 7.23. The van der Waals surface area contributed by atoms with E-state index < -0.39 is 0 Å². The molecule has 6 nitrogen and oxygen atoms in total. The largest absolute Gasteiger partial charge is 0.353 e. The van der Waals surface area contributed by atoms with E-state index in [1.165, 1.54) is 16.4 Å². The van der Waals surface area contributed by atoms with E-state index in [1.807, 2.05) is 6.92 Å². The molecule has 0 fully saturated rings. The number of nitrogens with one attached hydrogen (secondary N) is 1. The zero-order chi connectivity index (χ0) is 19.3. The lowest BCUT2D eigenvalue weighted by Crippen LogP contribution is -2.34. The number of nitrogens with two attached hydrogens (primary N) is 1. The molecule has 1 atom stereocenters. The molecule has 1 aromatic heterocycles. The Bertz CT molecular complexity index is 766. The van der Waals surface area contributed by atoms with Gasteiger partial charge in [0.25, 0.3) is 0 Å². The van der Waals surface area contributed by atoms with Crippen molar-refractivity contribution in [2.75, 3.05) is 11.6 Å². The van der Waals surface area contributed by atoms with Crippen LogP contribution in [0.25, 0.3) is 11.4 Å². The van der Waals surface area contributed by atoms with Gasteiger partial charge in [0.05, 0.1) is 10.8 Å². The molecule has 1 amide bonds. The van der Waals surface area contributed by atoms with E-state index in [-0.39, 0.29) is 17.7 Å². The van der Waals surface area contributed by atoms with Gasteiger partial charge >= 0.3 is 0 Å². The fraction of sp³-hybridized carbons (Fsp3) is 0.471. The van der Waals surface area contributed by atoms with Gasteiger partial charge in [-0.25, -0.2) is 4.68 Å². The third-order valence-corrected chi connectivity index (χ3v) is 5.26. The molecule has 1 aromatic carbocycles. The van der Waals surface area contributed by atoms with Crippen LogP contribution in [0.2, 0.25) is 10.0 Å². The molecule has 2 rings (SSSR count). The van der Waals surface area contributed by atoms with Crippen molar-refractivity contribution >= 4 is 40.9 Å². The van der Waals surface area contributed by atoms with E-state index >= 15 is 0 Å². The zero-order valence-corrected chi connectivity index (χ0v) is 17.3. The van der Waals surface area contributed by atoms with Crippen LogP contribution in [0.3, 0.4) is 0 Å². The van der Waals surface area contributed by atoms with E-state index in [1.54, 1.807) is 18.2 Å². The highest BCUT2D eigenvalue weighted by Crippen LogP contribution is 2.30. The molecule has 0 radical (unpaired) electrons. The molecular formula is C17H23Cl2N5OS. The van der Waals surface area contributed by atoms with Crippen LogP contribution in [0.15, 0.2) is 23.4 Å². The molecule has 0 saturated heterocycles. The average Bonchev–Trinajstić information content (AvgIpc) is 2.94. The SMILES string of the molecule is CC(C)CC[C@H](C)NC(=O)CSc1nnc(-c2cc(Cl)ccc2Cl)n1N. The Morgan fingerprint density at radius 2 is 2.00 bits per heavy atom. The first-order valence-electron chi connectivity index (χ1n) is 8.36. The third kappa shape index (κ3) is 5.79. The predicted octanol–water partition coefficient (Wildman–Crippen LogP) is 4.00. The summed E-state index contributed by atoms with van der Waals surface area (Å²) in [5.41, 5.74) is 0.591. The highest BCUT2D eigenvalue weighted by Gasteiger charge is 2.17. The summed E-state index contributed by atoms with van der Waals surface area (Å²) in [7, 11) is 0. The van der Waals surface area contributed by atoms with Crippen LogP contribution in [0.5, 0.6) is 0 Å². The molecule has 0 aliphatic rings. The van der Waals surface area contributed by atoms with Gasteiger partial charge < -0.3 is 11.2 Å². The summed E-state index contributed by atoms with van der Waals surface area (Å²) in [6.07, 6.45) is 2.04. The van der Waals surface area contributed by atoms with E-state index in [2.05, 4.69) is 29.4 Å². The van der Waals surface area contributed by atoms with Crippen molar-refractivity contribution in [1.29, 1.82) is 0 Å². The second-order valence-electron chi connectivity index (χ2n) is 6.53. The number of hydrogen-bond donors (Lipinski definition) is 2. The Balaban J connectivity index is 1.96. The molecule has 3 N–H and O–H groups in total. The van der Waals surface area contributed by atoms with Crippen molar-refractivity contribution in [2.24, 2.45) is 5.92 Å². The minimum atomic E-state index is -0.0587. The zero-order valence-electron chi connectivity index (χ0n) is 15.0. The number of carbonyl (C=O) groups excluding carboxylic acids is 1. The molecule has 0 aliphatic heterocycles. The second-order valence-corrected chi connectivity index (χ2v) is 8.31. The molecule has 1 heterocycles. The lowest BCUT2D eigenvalue weighted by atomic mass is 10.0. The fourth-order valence-electron chi connectivity index (χ4n) is 2.33. The summed E-state index contributed by atoms with van der Waals surface area (Å²) < 4.78 is 1.32. The van der Waals surface area contributed by atoms with Crippen LogP contribution >= 0.6 is 35.0 Å². The summed E-state index contributed by atoms with van der Waals surface area (Å²) in [6, 6.07) is 5.18. The number of rotatable bonds is 8. The number of thioether (sulfide) groups is 1. The fourth-order valence-corrected chi connectivity index (χ4v) is 3.37. The van der Waals surface area contributed by atoms with Gasteiger partial charge in [0, 0.05) is 16.6 Å². The maximum Gasteiger partial charge on any atom is 0.230 e. The van der Waals surface area contributed by atoms with Crippen LogP contribution < -0.4 is 11.2 Å². The summed E-state index contributed by atoms with van der Waals surface area (Å²) in [4.78, 5) is 12.1. The van der Waals surface area contributed by atoms with Gasteiger partial charge in [-0.05, 0) is 43.9 Å². The van der Waals surface area contributed by atoms with Crippen molar-refractivity contribution in [3.8, 4) is 11.4 Å². The van der Waals surface area contributed by atoms with Gasteiger partial charge in [0.15, 0.2) is 5.82 Å². The van der Waals surface area contributed by atoms with E-state index in [0.717, 1.165) is 12.8 Å². The standard InChI is InChI=1S/C17H23Cl2N5OS/c1-10(2)4-5-11(3)21-15(25)9-26-17-23-22-16(24(17)20)13-8-12(18)6-7-14(13)19/h6-8,10-11H,4-5,9,20H2,1-3H3,(H,21,25)/t11-/m0/s1. The first-order valence-corrected chi connectivity index (χ1v) is 10.1. The highest BCUT2D eigenvalue weighted by atomic mass is 35.5. The summed E-state index contributed by atoms with van der Waals surface area (Å²) in [5, 5.41) is 12.5. The van der Waals surface area contributed by atoms with Crippen LogP contribution in [0.4, 0.5) is 0 Å². The first-order chi connectivity index (χ1) is 12.3. The average molecular weight is 416 g/mol. The first kappa shape index (κ1) is 20.9. The lowest BCUT2D eigenvalue weighted by Gasteiger charge is -2.14. The van der Waals surface area contributed by atoms with Crippen molar-refractivity contribution in [2.45, 2.75) is 44.8 Å². The number of hydrogen-bond acceptors (Lipinski definition) is 5. The Morgan fingerprint density at radius 1 is 1.27 bits per heavy atom. The van der Waals surface area contributed by atoms with E-state index in [0.29, 0.717) is 32.5 Å². The van der Waals surface area contributed by atoms with Crippen molar-refractivity contribution in [3.05, 3.63) is 28.2 Å². The monoisotopic (exact) mass is 415 g/mol. The molecule has 0 aliphatic carbocycles. The summed E-state index contributed by atoms with van der Waals surface area (Å²) >= 11 is 13.4. The van der Waals surface area contributed by atoms with Crippen LogP contribution in [-0.4, -0.2) is 32.6 Å². The minimum absolute atomic E-state index is 0.0587. The number of nitrogens with zero attached hydrogens (tertiary/aromatic N) is 3. The van der Waals surface area contributed by atoms with Gasteiger partial charge in [-0.1, -0.05) is 48.8 Å². The van der Waals surface area contributed by atoms with Crippen LogP contribution in [0.1, 0.15) is 33.6 Å². The molecule has 9 heteroatoms. The summed E-state index contributed by atoms with van der Waals surface area (Å²) in [6.45, 7) is 6.35. The number of nitrogen functional groups attached to an aromatic ring is 1. The van der Waals surface area contributed by atoms with Gasteiger partial charge in [-0.3, -0.25) is 4.79 Å². The van der Waals surface area contributed by atoms with Gasteiger partial charge in [-0.15, -0.1) is 10.2 Å². The Morgan fingerprint density at radius 3 is 2.69 bits per heavy atom. The molecule has 26 heavy (non-hydrogen) atoms. The van der Waals surface area contributed by atoms with Gasteiger partial charge in [-0.2, -0.15) is 0 Å². The van der Waals surface area contributed by atoms with E-state index in [9.17, 15) is 4.79 Å². The van der Waals surface area contributed by atoms with E-state index in [4.69, 9.17) is 29.0 Å². The van der Waals surface area contributed by atoms with Gasteiger partial charge in [0.1, 0.15) is 0 Å². The highest BCUT2D eigenvalue weighted by molar-refractivity contribution is 7.99. The maximum atomic E-state index is 12.1. The van der Waals surface area contributed by atoms with Crippen LogP contribution in [0, 0.1) is 5.92 Å². The molecule has 0 spiro atoms. The number of aromatic nitrogens is 3. The van der Waals surface area contributed by atoms with Crippen molar-refractivity contribution in [3.63, 3.8) is 0 Å². The smallest absolute Gasteiger partial charge is 0.230 e. The quantitative estimate of drug-likeness (QED) is 0.502. The normalized spacial score (nSPS) is 12.4. The molecule has 0 unspecified atom stereocenters. The number of amides is 1. The predicted molar refractivity (Wildman–Crippen MR) is 108 cm³/mol. The molecule has 0 saturated carbocycles. The second kappa shape index (κ2) is 9.48. The molecule has 142 valence electrons. The Hall–Kier alpha value is -1.44. The van der Waals surface area contributed by atoms with Gasteiger partial charge in [0.2, 0.25) is 11.1 Å². The molecular weight excluding hydrogens is 393 g/mol. The topological polar surface area (TPSA) is 85.8 Å².